The van der Waals surface area contributed by atoms with Gasteiger partial charge in [0, 0.05) is 0 Å². The number of rotatable bonds is 0. The molecule has 0 bridgehead atoms. The molecule has 0 saturated heterocycles. The smallest absolute Gasteiger partial charge is 0.184 e. The molecule has 1 rings (SSSR count). The van der Waals surface area contributed by atoms with Crippen LogP contribution in [0.15, 0.2) is 30.3 Å². The topological polar surface area (TPSA) is 0 Å². The van der Waals surface area contributed by atoms with Crippen LogP contribution in [0.25, 0.3) is 0 Å². The third kappa shape index (κ3) is 4.85. The summed E-state index contributed by atoms with van der Waals surface area (Å²) in [6, 6.07) is 12.5. The molecule has 0 atom stereocenters. The van der Waals surface area contributed by atoms with Crippen LogP contribution in [0.2, 0.25) is 0 Å². The summed E-state index contributed by atoms with van der Waals surface area (Å²) in [4.78, 5) is 0. The van der Waals surface area contributed by atoms with E-state index in [0.717, 1.165) is 0 Å². The van der Waals surface area contributed by atoms with Gasteiger partial charge >= 0.3 is 29.6 Å². The average Bonchev–Trinajstić information content (AvgIpc) is 1.72. The van der Waals surface area contributed by atoms with Gasteiger partial charge in [-0.05, 0) is 0 Å². The van der Waals surface area contributed by atoms with Gasteiger partial charge in [-0.15, -0.1) is 17.0 Å². The summed E-state index contributed by atoms with van der Waals surface area (Å²) >= 11 is 0. The zero-order valence-corrected chi connectivity index (χ0v) is 8.51. The van der Waals surface area contributed by atoms with Gasteiger partial charge in [0.1, 0.15) is 0 Å². The maximum Gasteiger partial charge on any atom is 1.00 e. The monoisotopic (exact) mass is 180 g/mol. The van der Waals surface area contributed by atoms with E-state index < -0.39 is 0 Å². The minimum atomic E-state index is 0. The van der Waals surface area contributed by atoms with Gasteiger partial charge in [-0.2, -0.15) is 36.4 Å². The maximum atomic E-state index is 2.89. The van der Waals surface area contributed by atoms with Gasteiger partial charge in [0.2, 0.25) is 0 Å². The first-order valence-corrected chi connectivity index (χ1v) is 1.91. The Morgan fingerprint density at radius 2 is 1.38 bits per heavy atom. The van der Waals surface area contributed by atoms with Gasteiger partial charge in [-0.3, -0.25) is 0 Å². The molecule has 0 spiro atoms. The normalized spacial score (nSPS) is 6.00. The molecule has 0 nitrogen and oxygen atoms in total. The first-order chi connectivity index (χ1) is 3.00. The summed E-state index contributed by atoms with van der Waals surface area (Å²) in [7, 11) is 0. The Bertz CT molecular complexity index is 80.5. The van der Waals surface area contributed by atoms with Crippen molar-refractivity contribution in [3.8, 4) is 0 Å². The van der Waals surface area contributed by atoms with Gasteiger partial charge in [-0.1, -0.05) is 0 Å². The van der Waals surface area contributed by atoms with Crippen LogP contribution in [0.3, 0.4) is 0 Å². The third-order valence-corrected chi connectivity index (χ3v) is 0.607. The van der Waals surface area contributed by atoms with Crippen molar-refractivity contribution in [2.75, 3.05) is 0 Å². The number of hydrogen-bond acceptors (Lipinski definition) is 0. The molecule has 0 aliphatic heterocycles. The van der Waals surface area contributed by atoms with E-state index in [0.29, 0.717) is 0 Å². The van der Waals surface area contributed by atoms with Crippen LogP contribution in [-0.2, 0) is 0 Å². The van der Waals surface area contributed by atoms with Crippen LogP contribution >= 0.6 is 17.0 Å². The van der Waals surface area contributed by atoms with Gasteiger partial charge in [-0.25, -0.2) is 0 Å². The van der Waals surface area contributed by atoms with E-state index in [1.165, 1.54) is 0 Å². The molecule has 0 aliphatic rings. The van der Waals surface area contributed by atoms with Gasteiger partial charge in [0.05, 0.1) is 0 Å². The molecule has 0 fully saturated rings. The van der Waals surface area contributed by atoms with Crippen LogP contribution in [0.4, 0.5) is 0 Å². The predicted molar refractivity (Wildman–Crippen MR) is 35.6 cm³/mol. The quantitative estimate of drug-likeness (QED) is 0.358. The Labute approximate surface area is 82.4 Å². The van der Waals surface area contributed by atoms with E-state index in [2.05, 4.69) is 6.07 Å². The molecular formula is C6H6BrNa. The minimum Gasteiger partial charge on any atom is -0.184 e. The molecule has 0 aliphatic carbocycles. The molecule has 0 radical (unpaired) electrons. The zero-order chi connectivity index (χ0) is 4.24. The summed E-state index contributed by atoms with van der Waals surface area (Å²) in [5, 5.41) is 0. The van der Waals surface area contributed by atoms with E-state index >= 15 is 0 Å². The Morgan fingerprint density at radius 1 is 0.875 bits per heavy atom. The van der Waals surface area contributed by atoms with Crippen molar-refractivity contribution in [1.82, 2.24) is 0 Å². The summed E-state index contributed by atoms with van der Waals surface area (Å²) in [5.74, 6) is 0. The molecule has 2 heteroatoms. The van der Waals surface area contributed by atoms with Crippen molar-refractivity contribution in [3.05, 3.63) is 36.4 Å². The Morgan fingerprint density at radius 3 is 1.50 bits per heavy atom. The second-order valence-corrected chi connectivity index (χ2v) is 1.08. The Balaban J connectivity index is 0. The molecule has 1 aromatic carbocycles. The number of benzene rings is 1. The molecule has 0 aromatic heterocycles. The van der Waals surface area contributed by atoms with Crippen molar-refractivity contribution in [1.29, 1.82) is 0 Å². The van der Waals surface area contributed by atoms with Crippen molar-refractivity contribution < 1.29 is 29.6 Å². The van der Waals surface area contributed by atoms with Crippen LogP contribution in [0.5, 0.6) is 0 Å². The molecule has 0 unspecified atom stereocenters. The van der Waals surface area contributed by atoms with Crippen molar-refractivity contribution in [3.63, 3.8) is 0 Å². The minimum absolute atomic E-state index is 0. The summed E-state index contributed by atoms with van der Waals surface area (Å²) in [6.07, 6.45) is 0. The van der Waals surface area contributed by atoms with E-state index in [9.17, 15) is 0 Å². The van der Waals surface area contributed by atoms with Gasteiger partial charge in [0.15, 0.2) is 0 Å². The fraction of sp³-hybridized carbons (Fsp3) is 0. The molecule has 38 valence electrons. The first kappa shape index (κ1) is 11.5. The molecule has 8 heavy (non-hydrogen) atoms. The second-order valence-electron chi connectivity index (χ2n) is 1.08. The fourth-order valence-electron chi connectivity index (χ4n) is 0.342. The third-order valence-electron chi connectivity index (χ3n) is 0.607. The summed E-state index contributed by atoms with van der Waals surface area (Å²) in [5.41, 5.74) is 0. The first-order valence-electron chi connectivity index (χ1n) is 1.91. The van der Waals surface area contributed by atoms with Gasteiger partial charge < -0.3 is 0 Å². The zero-order valence-electron chi connectivity index (χ0n) is 4.79. The van der Waals surface area contributed by atoms with Crippen LogP contribution in [0, 0.1) is 6.07 Å². The molecule has 0 saturated carbocycles. The predicted octanol–water partition coefficient (Wildman–Crippen LogP) is -0.931. The molecule has 0 N–H and O–H groups in total. The molecule has 0 heterocycles. The SMILES string of the molecule is Br.[Na+].[c-]1ccccc1. The van der Waals surface area contributed by atoms with Gasteiger partial charge in [0.25, 0.3) is 0 Å². The molecule has 0 amide bonds. The fourth-order valence-corrected chi connectivity index (χ4v) is 0.342. The summed E-state index contributed by atoms with van der Waals surface area (Å²) in [6.45, 7) is 0. The second kappa shape index (κ2) is 7.70. The largest absolute Gasteiger partial charge is 1.00 e. The van der Waals surface area contributed by atoms with E-state index in [1.807, 2.05) is 30.3 Å². The van der Waals surface area contributed by atoms with Crippen molar-refractivity contribution >= 4 is 17.0 Å². The van der Waals surface area contributed by atoms with Crippen LogP contribution in [0.1, 0.15) is 0 Å². The van der Waals surface area contributed by atoms with Crippen molar-refractivity contribution in [2.45, 2.75) is 0 Å². The summed E-state index contributed by atoms with van der Waals surface area (Å²) < 4.78 is 0. The Hall–Kier alpha value is 0.700. The standard InChI is InChI=1S/C6H5.BrH.Na/c1-2-4-6-5-3-1;;/h1-5H;1H;/q-1;;+1. The maximum absolute atomic E-state index is 2.89. The van der Waals surface area contributed by atoms with E-state index in [-0.39, 0.29) is 46.5 Å². The molecular weight excluding hydrogens is 175 g/mol. The average molecular weight is 181 g/mol. The number of hydrogen-bond donors (Lipinski definition) is 0. The number of halogens is 1. The van der Waals surface area contributed by atoms with Crippen LogP contribution in [-0.4, -0.2) is 0 Å². The Kier molecular flexibility index (Phi) is 11.1. The molecule has 1 aromatic rings. The van der Waals surface area contributed by atoms with E-state index in [1.54, 1.807) is 0 Å². The van der Waals surface area contributed by atoms with Crippen molar-refractivity contribution in [2.24, 2.45) is 0 Å². The van der Waals surface area contributed by atoms with E-state index in [4.69, 9.17) is 0 Å². The van der Waals surface area contributed by atoms with Crippen LogP contribution < -0.4 is 29.6 Å².